The van der Waals surface area contributed by atoms with Gasteiger partial charge in [-0.05, 0) is 26.0 Å². The Balaban J connectivity index is 1.73. The molecule has 0 aliphatic rings. The molecule has 8 nitrogen and oxygen atoms in total. The van der Waals surface area contributed by atoms with Crippen LogP contribution in [-0.4, -0.2) is 29.7 Å². The Morgan fingerprint density at radius 2 is 1.92 bits per heavy atom. The zero-order chi connectivity index (χ0) is 18.5. The predicted octanol–water partition coefficient (Wildman–Crippen LogP) is 2.88. The molecule has 0 atom stereocenters. The number of aromatic nitrogens is 6. The molecular formula is C17H20N8S. The lowest BCUT2D eigenvalue weighted by Crippen LogP contribution is -2.07. The minimum atomic E-state index is 0.175. The number of nitrogen functional groups attached to an aromatic ring is 1. The van der Waals surface area contributed by atoms with Crippen molar-refractivity contribution in [3.05, 3.63) is 54.1 Å². The molecule has 0 bridgehead atoms. The predicted molar refractivity (Wildman–Crippen MR) is 103 cm³/mol. The maximum atomic E-state index is 5.83. The Morgan fingerprint density at radius 3 is 2.65 bits per heavy atom. The van der Waals surface area contributed by atoms with E-state index in [1.165, 1.54) is 17.3 Å². The number of hydrogen-bond donors (Lipinski definition) is 2. The maximum Gasteiger partial charge on any atom is 0.232 e. The maximum absolute atomic E-state index is 5.83. The molecule has 0 amide bonds. The molecule has 0 aliphatic carbocycles. The Labute approximate surface area is 156 Å². The zero-order valence-corrected chi connectivity index (χ0v) is 15.5. The minimum absolute atomic E-state index is 0.175. The van der Waals surface area contributed by atoms with Gasteiger partial charge in [-0.3, -0.25) is 0 Å². The molecular weight excluding hydrogens is 348 g/mol. The molecule has 2 aromatic heterocycles. The van der Waals surface area contributed by atoms with Gasteiger partial charge in [-0.1, -0.05) is 35.5 Å². The van der Waals surface area contributed by atoms with Gasteiger partial charge in [0.15, 0.2) is 5.16 Å². The van der Waals surface area contributed by atoms with Crippen LogP contribution in [0.1, 0.15) is 17.2 Å². The number of anilines is 3. The lowest BCUT2D eigenvalue weighted by Gasteiger charge is -2.08. The van der Waals surface area contributed by atoms with Crippen molar-refractivity contribution in [2.45, 2.75) is 31.3 Å². The molecule has 0 fully saturated rings. The van der Waals surface area contributed by atoms with E-state index in [9.17, 15) is 0 Å². The highest BCUT2D eigenvalue weighted by atomic mass is 32.2. The van der Waals surface area contributed by atoms with Gasteiger partial charge in [0.1, 0.15) is 11.6 Å². The van der Waals surface area contributed by atoms with Crippen molar-refractivity contribution in [1.29, 1.82) is 0 Å². The van der Waals surface area contributed by atoms with Crippen molar-refractivity contribution in [3.8, 4) is 0 Å². The van der Waals surface area contributed by atoms with E-state index in [2.05, 4.69) is 37.0 Å². The third-order valence-electron chi connectivity index (χ3n) is 3.55. The summed E-state index contributed by atoms with van der Waals surface area (Å²) in [6, 6.07) is 7.95. The highest BCUT2D eigenvalue weighted by Crippen LogP contribution is 2.22. The minimum Gasteiger partial charge on any atom is -0.368 e. The Hall–Kier alpha value is -2.94. The summed E-state index contributed by atoms with van der Waals surface area (Å²) in [6.45, 7) is 8.36. The van der Waals surface area contributed by atoms with E-state index in [1.54, 1.807) is 0 Å². The van der Waals surface area contributed by atoms with Gasteiger partial charge in [-0.15, -0.1) is 16.8 Å². The van der Waals surface area contributed by atoms with E-state index in [-0.39, 0.29) is 5.95 Å². The lowest BCUT2D eigenvalue weighted by atomic mass is 10.2. The van der Waals surface area contributed by atoms with E-state index in [4.69, 9.17) is 5.73 Å². The lowest BCUT2D eigenvalue weighted by molar-refractivity contribution is 0.703. The monoisotopic (exact) mass is 368 g/mol. The summed E-state index contributed by atoms with van der Waals surface area (Å²) in [5, 5.41) is 12.2. The quantitative estimate of drug-likeness (QED) is 0.484. The smallest absolute Gasteiger partial charge is 0.232 e. The first-order valence-corrected chi connectivity index (χ1v) is 9.01. The van der Waals surface area contributed by atoms with Crippen molar-refractivity contribution >= 4 is 29.3 Å². The highest BCUT2D eigenvalue weighted by molar-refractivity contribution is 7.98. The van der Waals surface area contributed by atoms with Crippen LogP contribution in [0.5, 0.6) is 0 Å². The molecule has 0 radical (unpaired) electrons. The van der Waals surface area contributed by atoms with Gasteiger partial charge in [-0.25, -0.2) is 0 Å². The number of nitrogens with zero attached hydrogens (tertiary/aromatic N) is 6. The van der Waals surface area contributed by atoms with Gasteiger partial charge in [-0.2, -0.15) is 15.0 Å². The molecule has 3 rings (SSSR count). The van der Waals surface area contributed by atoms with Crippen molar-refractivity contribution < 1.29 is 0 Å². The van der Waals surface area contributed by atoms with Gasteiger partial charge in [0.25, 0.3) is 0 Å². The molecule has 0 saturated heterocycles. The Bertz CT molecular complexity index is 904. The van der Waals surface area contributed by atoms with Crippen LogP contribution >= 0.6 is 11.8 Å². The summed E-state index contributed by atoms with van der Waals surface area (Å²) >= 11 is 1.49. The number of thioether (sulfide) groups is 1. The largest absolute Gasteiger partial charge is 0.368 e. The first kappa shape index (κ1) is 17.9. The molecule has 0 saturated carbocycles. The van der Waals surface area contributed by atoms with Gasteiger partial charge in [0.2, 0.25) is 11.9 Å². The van der Waals surface area contributed by atoms with Crippen molar-refractivity contribution in [2.75, 3.05) is 11.1 Å². The summed E-state index contributed by atoms with van der Waals surface area (Å²) in [7, 11) is 0. The molecule has 2 heterocycles. The first-order chi connectivity index (χ1) is 12.5. The van der Waals surface area contributed by atoms with Crippen LogP contribution in [0.25, 0.3) is 0 Å². The molecule has 134 valence electrons. The van der Waals surface area contributed by atoms with E-state index in [0.717, 1.165) is 16.7 Å². The van der Waals surface area contributed by atoms with Crippen LogP contribution < -0.4 is 11.1 Å². The topological polar surface area (TPSA) is 107 Å². The summed E-state index contributed by atoms with van der Waals surface area (Å²) in [6.07, 6.45) is 1.81. The van der Waals surface area contributed by atoms with Gasteiger partial charge in [0, 0.05) is 12.2 Å². The van der Waals surface area contributed by atoms with Crippen LogP contribution in [0.15, 0.2) is 42.1 Å². The number of hydrogen-bond acceptors (Lipinski definition) is 8. The average Bonchev–Trinajstić information content (AvgIpc) is 2.95. The standard InChI is InChI=1S/C17H20N8S/c1-4-9-25-12(3)23-24-17(25)26-10-14-20-15(18)22-16(21-14)19-13-7-5-11(2)6-8-13/h4-8H,1,9-10H2,2-3H3,(H3,18,19,20,21,22). The molecule has 3 N–H and O–H groups in total. The average molecular weight is 368 g/mol. The fourth-order valence-corrected chi connectivity index (χ4v) is 3.11. The van der Waals surface area contributed by atoms with Crippen molar-refractivity contribution in [2.24, 2.45) is 0 Å². The second kappa shape index (κ2) is 7.96. The second-order valence-corrected chi connectivity index (χ2v) is 6.58. The number of rotatable bonds is 7. The molecule has 3 aromatic rings. The van der Waals surface area contributed by atoms with E-state index < -0.39 is 0 Å². The van der Waals surface area contributed by atoms with E-state index in [0.29, 0.717) is 24.1 Å². The van der Waals surface area contributed by atoms with Crippen LogP contribution in [0.2, 0.25) is 0 Å². The van der Waals surface area contributed by atoms with E-state index in [1.807, 2.05) is 48.8 Å². The zero-order valence-electron chi connectivity index (χ0n) is 14.7. The molecule has 0 aliphatic heterocycles. The van der Waals surface area contributed by atoms with Gasteiger partial charge >= 0.3 is 0 Å². The van der Waals surface area contributed by atoms with Gasteiger partial charge < -0.3 is 15.6 Å². The second-order valence-electron chi connectivity index (χ2n) is 5.64. The van der Waals surface area contributed by atoms with Crippen molar-refractivity contribution in [3.63, 3.8) is 0 Å². The third-order valence-corrected chi connectivity index (χ3v) is 4.51. The normalized spacial score (nSPS) is 10.7. The Kier molecular flexibility index (Phi) is 5.47. The van der Waals surface area contributed by atoms with Crippen LogP contribution in [0.4, 0.5) is 17.6 Å². The number of aryl methyl sites for hydroxylation is 2. The molecule has 1 aromatic carbocycles. The van der Waals surface area contributed by atoms with Gasteiger partial charge in [0.05, 0.1) is 5.75 Å². The highest BCUT2D eigenvalue weighted by Gasteiger charge is 2.11. The van der Waals surface area contributed by atoms with E-state index >= 15 is 0 Å². The van der Waals surface area contributed by atoms with Crippen molar-refractivity contribution in [1.82, 2.24) is 29.7 Å². The number of benzene rings is 1. The van der Waals surface area contributed by atoms with Crippen LogP contribution in [0.3, 0.4) is 0 Å². The molecule has 26 heavy (non-hydrogen) atoms. The summed E-state index contributed by atoms with van der Waals surface area (Å²) < 4.78 is 1.98. The fourth-order valence-electron chi connectivity index (χ4n) is 2.26. The van der Waals surface area contributed by atoms with Crippen LogP contribution in [0, 0.1) is 13.8 Å². The SMILES string of the molecule is C=CCn1c(C)nnc1SCc1nc(N)nc(Nc2ccc(C)cc2)n1. The van der Waals surface area contributed by atoms with Crippen LogP contribution in [-0.2, 0) is 12.3 Å². The fraction of sp³-hybridized carbons (Fsp3) is 0.235. The summed E-state index contributed by atoms with van der Waals surface area (Å²) in [5.74, 6) is 2.51. The first-order valence-electron chi connectivity index (χ1n) is 8.03. The Morgan fingerprint density at radius 1 is 1.15 bits per heavy atom. The number of nitrogens with two attached hydrogens (primary N) is 1. The summed E-state index contributed by atoms with van der Waals surface area (Å²) in [5.41, 5.74) is 7.90. The molecule has 9 heteroatoms. The number of nitrogens with one attached hydrogen (secondary N) is 1. The molecule has 0 spiro atoms. The summed E-state index contributed by atoms with van der Waals surface area (Å²) in [4.78, 5) is 12.8. The number of allylic oxidation sites excluding steroid dienone is 1. The third kappa shape index (κ3) is 4.37. The molecule has 0 unspecified atom stereocenters.